The molecule has 3 aromatic rings. The number of rotatable bonds is 2. The lowest BCUT2D eigenvalue weighted by Crippen LogP contribution is -2.06. The fourth-order valence-corrected chi connectivity index (χ4v) is 2.57. The van der Waals surface area contributed by atoms with E-state index < -0.39 is 5.97 Å². The normalized spacial score (nSPS) is 10.9. The first-order chi connectivity index (χ1) is 8.68. The summed E-state index contributed by atoms with van der Waals surface area (Å²) in [6.45, 7) is 0. The lowest BCUT2D eigenvalue weighted by molar-refractivity contribution is 0.0688. The molecular weight excluding hydrogens is 274 g/mol. The van der Waals surface area contributed by atoms with E-state index in [-0.39, 0.29) is 5.69 Å². The number of hydrogen-bond acceptors (Lipinski definition) is 4. The molecule has 0 bridgehead atoms. The number of aromatic nitrogens is 3. The molecule has 0 saturated heterocycles. The van der Waals surface area contributed by atoms with Gasteiger partial charge in [0.15, 0.2) is 0 Å². The maximum Gasteiger partial charge on any atom is 0.352 e. The number of carboxylic acid groups (broad SMARTS) is 1. The zero-order valence-electron chi connectivity index (χ0n) is 8.87. The number of carbonyl (C=O) groups is 1. The molecule has 0 aliphatic rings. The van der Waals surface area contributed by atoms with Gasteiger partial charge in [0, 0.05) is 6.20 Å². The second-order valence-corrected chi connectivity index (χ2v) is 4.53. The van der Waals surface area contributed by atoms with E-state index in [0.29, 0.717) is 21.7 Å². The van der Waals surface area contributed by atoms with Gasteiger partial charge in [0.25, 0.3) is 0 Å². The first-order valence-electron chi connectivity index (χ1n) is 5.00. The van der Waals surface area contributed by atoms with E-state index in [1.54, 1.807) is 24.4 Å². The number of aromatic carboxylic acids is 1. The van der Waals surface area contributed by atoms with Crippen molar-refractivity contribution in [3.8, 4) is 5.69 Å². The second kappa shape index (κ2) is 4.08. The number of nitrogens with zero attached hydrogens (tertiary/aromatic N) is 3. The summed E-state index contributed by atoms with van der Waals surface area (Å²) in [5.74, 6) is -1.02. The summed E-state index contributed by atoms with van der Waals surface area (Å²) in [6, 6.07) is 6.61. The van der Waals surface area contributed by atoms with Gasteiger partial charge >= 0.3 is 5.97 Å². The largest absolute Gasteiger partial charge is 0.477 e. The zero-order chi connectivity index (χ0) is 12.7. The molecule has 0 amide bonds. The Kier molecular flexibility index (Phi) is 2.53. The van der Waals surface area contributed by atoms with Crippen LogP contribution in [-0.4, -0.2) is 24.4 Å². The van der Waals surface area contributed by atoms with Crippen molar-refractivity contribution in [3.63, 3.8) is 0 Å². The lowest BCUT2D eigenvalue weighted by atomic mass is 10.2. The molecule has 18 heavy (non-hydrogen) atoms. The number of carboxylic acids is 1. The van der Waals surface area contributed by atoms with Crippen LogP contribution >= 0.6 is 23.3 Å². The van der Waals surface area contributed by atoms with E-state index in [9.17, 15) is 4.79 Å². The van der Waals surface area contributed by atoms with Crippen molar-refractivity contribution in [1.29, 1.82) is 0 Å². The van der Waals surface area contributed by atoms with Crippen molar-refractivity contribution in [2.24, 2.45) is 0 Å². The van der Waals surface area contributed by atoms with Crippen molar-refractivity contribution >= 4 is 40.3 Å². The Bertz CT molecular complexity index is 750. The monoisotopic (exact) mass is 279 g/mol. The molecular formula is C11H6ClN3O2S. The van der Waals surface area contributed by atoms with Crippen molar-refractivity contribution < 1.29 is 9.90 Å². The summed E-state index contributed by atoms with van der Waals surface area (Å²) in [5.41, 5.74) is 1.98. The molecule has 5 nitrogen and oxygen atoms in total. The van der Waals surface area contributed by atoms with E-state index in [1.165, 1.54) is 10.6 Å². The first kappa shape index (κ1) is 11.2. The highest BCUT2D eigenvalue weighted by atomic mass is 35.5. The van der Waals surface area contributed by atoms with Crippen LogP contribution in [0.1, 0.15) is 10.5 Å². The number of benzene rings is 1. The van der Waals surface area contributed by atoms with Crippen LogP contribution < -0.4 is 0 Å². The number of hydrogen-bond donors (Lipinski definition) is 1. The predicted molar refractivity (Wildman–Crippen MR) is 68.7 cm³/mol. The Morgan fingerprint density at radius 1 is 1.33 bits per heavy atom. The Morgan fingerprint density at radius 3 is 2.94 bits per heavy atom. The number of fused-ring (bicyclic) bond motifs is 1. The predicted octanol–water partition coefficient (Wildman–Crippen LogP) is 2.83. The van der Waals surface area contributed by atoms with Gasteiger partial charge in [-0.25, -0.2) is 4.79 Å². The van der Waals surface area contributed by atoms with Crippen LogP contribution in [0.5, 0.6) is 0 Å². The summed E-state index contributed by atoms with van der Waals surface area (Å²) in [5, 5.41) is 9.57. The molecule has 0 fully saturated rings. The van der Waals surface area contributed by atoms with E-state index in [2.05, 4.69) is 8.75 Å². The summed E-state index contributed by atoms with van der Waals surface area (Å²) >= 11 is 7.22. The third-order valence-corrected chi connectivity index (χ3v) is 3.41. The topological polar surface area (TPSA) is 68.0 Å². The van der Waals surface area contributed by atoms with Gasteiger partial charge in [-0.2, -0.15) is 8.75 Å². The number of halogens is 1. The fraction of sp³-hybridized carbons (Fsp3) is 0. The summed E-state index contributed by atoms with van der Waals surface area (Å²) in [4.78, 5) is 11.1. The third kappa shape index (κ3) is 1.58. The highest BCUT2D eigenvalue weighted by Crippen LogP contribution is 2.29. The minimum atomic E-state index is -1.02. The zero-order valence-corrected chi connectivity index (χ0v) is 10.4. The van der Waals surface area contributed by atoms with Gasteiger partial charge in [0.1, 0.15) is 16.7 Å². The lowest BCUT2D eigenvalue weighted by Gasteiger charge is -2.08. The molecule has 0 aliphatic heterocycles. The minimum Gasteiger partial charge on any atom is -0.477 e. The van der Waals surface area contributed by atoms with Gasteiger partial charge in [-0.3, -0.25) is 0 Å². The van der Waals surface area contributed by atoms with E-state index in [0.717, 1.165) is 11.7 Å². The molecule has 90 valence electrons. The van der Waals surface area contributed by atoms with E-state index in [4.69, 9.17) is 16.7 Å². The molecule has 7 heteroatoms. The average molecular weight is 280 g/mol. The quantitative estimate of drug-likeness (QED) is 0.783. The fourth-order valence-electron chi connectivity index (χ4n) is 1.79. The Balaban J connectivity index is 2.37. The maximum atomic E-state index is 11.1. The van der Waals surface area contributed by atoms with Crippen LogP contribution in [0.3, 0.4) is 0 Å². The maximum absolute atomic E-state index is 11.1. The van der Waals surface area contributed by atoms with Gasteiger partial charge in [0.2, 0.25) is 0 Å². The molecule has 1 aromatic carbocycles. The van der Waals surface area contributed by atoms with Crippen LogP contribution in [0.15, 0.2) is 30.5 Å². The van der Waals surface area contributed by atoms with Gasteiger partial charge in [-0.1, -0.05) is 11.6 Å². The van der Waals surface area contributed by atoms with Crippen LogP contribution in [0.2, 0.25) is 5.02 Å². The average Bonchev–Trinajstić information content (AvgIpc) is 2.95. The minimum absolute atomic E-state index is 0.136. The molecule has 2 aromatic heterocycles. The van der Waals surface area contributed by atoms with E-state index >= 15 is 0 Å². The van der Waals surface area contributed by atoms with Crippen LogP contribution in [0.25, 0.3) is 16.7 Å². The Hall–Kier alpha value is -1.92. The molecule has 0 unspecified atom stereocenters. The van der Waals surface area contributed by atoms with Gasteiger partial charge in [-0.15, -0.1) is 0 Å². The summed E-state index contributed by atoms with van der Waals surface area (Å²) in [6.07, 6.45) is 1.64. The smallest absolute Gasteiger partial charge is 0.352 e. The van der Waals surface area contributed by atoms with Crippen LogP contribution in [-0.2, 0) is 0 Å². The highest BCUT2D eigenvalue weighted by molar-refractivity contribution is 7.00. The Morgan fingerprint density at radius 2 is 2.17 bits per heavy atom. The van der Waals surface area contributed by atoms with Gasteiger partial charge in [-0.05, 0) is 24.3 Å². The molecule has 2 heterocycles. The van der Waals surface area contributed by atoms with Crippen molar-refractivity contribution in [2.45, 2.75) is 0 Å². The third-order valence-electron chi connectivity index (χ3n) is 2.56. The molecule has 1 N–H and O–H groups in total. The van der Waals surface area contributed by atoms with Gasteiger partial charge < -0.3 is 9.67 Å². The molecule has 0 aliphatic carbocycles. The Labute approximate surface area is 111 Å². The SMILES string of the molecule is O=C(O)c1cccn1-c1c(Cl)ccc2nsnc12. The van der Waals surface area contributed by atoms with Crippen molar-refractivity contribution in [1.82, 2.24) is 13.3 Å². The van der Waals surface area contributed by atoms with Crippen molar-refractivity contribution in [2.75, 3.05) is 0 Å². The molecule has 0 saturated carbocycles. The standard InChI is InChI=1S/C11H6ClN3O2S/c12-6-3-4-7-9(14-18-13-7)10(6)15-5-1-2-8(15)11(16)17/h1-5H,(H,16,17). The van der Waals surface area contributed by atoms with Crippen LogP contribution in [0.4, 0.5) is 0 Å². The summed E-state index contributed by atoms with van der Waals surface area (Å²) in [7, 11) is 0. The van der Waals surface area contributed by atoms with E-state index in [1.807, 2.05) is 0 Å². The molecule has 0 spiro atoms. The van der Waals surface area contributed by atoms with Crippen molar-refractivity contribution in [3.05, 3.63) is 41.2 Å². The van der Waals surface area contributed by atoms with Crippen LogP contribution in [0, 0.1) is 0 Å². The van der Waals surface area contributed by atoms with Gasteiger partial charge in [0.05, 0.1) is 22.4 Å². The molecule has 0 radical (unpaired) electrons. The molecule has 3 rings (SSSR count). The summed E-state index contributed by atoms with van der Waals surface area (Å²) < 4.78 is 9.79. The molecule has 0 atom stereocenters. The highest BCUT2D eigenvalue weighted by Gasteiger charge is 2.17. The second-order valence-electron chi connectivity index (χ2n) is 3.60. The first-order valence-corrected chi connectivity index (χ1v) is 6.11.